The quantitative estimate of drug-likeness (QED) is 0.590. The van der Waals surface area contributed by atoms with Gasteiger partial charge in [-0.25, -0.2) is 4.39 Å². The first-order chi connectivity index (χ1) is 13.3. The zero-order chi connectivity index (χ0) is 20.4. The van der Waals surface area contributed by atoms with Crippen molar-refractivity contribution in [2.24, 2.45) is 5.73 Å². The third-order valence-corrected chi connectivity index (χ3v) is 4.84. The topological polar surface area (TPSA) is 96.2 Å². The molecule has 1 unspecified atom stereocenters. The molecule has 0 fully saturated rings. The maximum Gasteiger partial charge on any atom is 0.254 e. The molecule has 0 bridgehead atoms. The molecule has 0 aliphatic carbocycles. The Morgan fingerprint density at radius 1 is 1.25 bits per heavy atom. The van der Waals surface area contributed by atoms with E-state index in [9.17, 15) is 19.1 Å². The summed E-state index contributed by atoms with van der Waals surface area (Å²) in [6.07, 6.45) is 0.492. The smallest absolute Gasteiger partial charge is 0.254 e. The molecule has 1 amide bonds. The number of aliphatic hydroxyl groups excluding tert-OH is 1. The number of halogens is 2. The van der Waals surface area contributed by atoms with E-state index in [-0.39, 0.29) is 28.6 Å². The standard InChI is InChI=1S/C21H20ClFN2O3/c1-11(26)2-3-13-8-15-19(16(23)9-13)25-17(18(20(15)27)21(24)28)10-12-4-6-14(22)7-5-12/h4-9,11,26H,2-3,10H2,1H3,(H2,24,28)(H,25,27). The van der Waals surface area contributed by atoms with Crippen molar-refractivity contribution in [2.45, 2.75) is 32.3 Å². The molecule has 146 valence electrons. The van der Waals surface area contributed by atoms with E-state index in [0.717, 1.165) is 5.56 Å². The Kier molecular flexibility index (Phi) is 5.82. The number of benzene rings is 2. The van der Waals surface area contributed by atoms with E-state index in [1.165, 1.54) is 12.1 Å². The molecule has 4 N–H and O–H groups in total. The van der Waals surface area contributed by atoms with Crippen LogP contribution in [0.5, 0.6) is 0 Å². The van der Waals surface area contributed by atoms with Crippen LogP contribution in [0.4, 0.5) is 4.39 Å². The van der Waals surface area contributed by atoms with Gasteiger partial charge in [-0.1, -0.05) is 23.7 Å². The Hall–Kier alpha value is -2.70. The second kappa shape index (κ2) is 8.12. The zero-order valence-electron chi connectivity index (χ0n) is 15.3. The SMILES string of the molecule is CC(O)CCc1cc(F)c2[nH]c(Cc3ccc(Cl)cc3)c(C(N)=O)c(=O)c2c1. The summed E-state index contributed by atoms with van der Waals surface area (Å²) in [5, 5.41) is 10.1. The monoisotopic (exact) mass is 402 g/mol. The van der Waals surface area contributed by atoms with E-state index in [1.807, 2.05) is 0 Å². The maximum atomic E-state index is 14.7. The van der Waals surface area contributed by atoms with Crippen LogP contribution in [0, 0.1) is 5.82 Å². The molecule has 0 spiro atoms. The number of hydrogen-bond donors (Lipinski definition) is 3. The fraction of sp³-hybridized carbons (Fsp3) is 0.238. The van der Waals surface area contributed by atoms with Gasteiger partial charge in [-0.2, -0.15) is 0 Å². The number of fused-ring (bicyclic) bond motifs is 1. The minimum Gasteiger partial charge on any atom is -0.393 e. The minimum absolute atomic E-state index is 0.0276. The molecule has 1 aromatic heterocycles. The second-order valence-electron chi connectivity index (χ2n) is 6.86. The van der Waals surface area contributed by atoms with Crippen LogP contribution in [-0.4, -0.2) is 22.1 Å². The first-order valence-corrected chi connectivity index (χ1v) is 9.23. The van der Waals surface area contributed by atoms with Crippen molar-refractivity contribution in [3.8, 4) is 0 Å². The van der Waals surface area contributed by atoms with Gasteiger partial charge in [-0.05, 0) is 55.2 Å². The highest BCUT2D eigenvalue weighted by Crippen LogP contribution is 2.21. The number of rotatable bonds is 6. The van der Waals surface area contributed by atoms with Crippen molar-refractivity contribution < 1.29 is 14.3 Å². The van der Waals surface area contributed by atoms with Crippen LogP contribution in [-0.2, 0) is 12.8 Å². The van der Waals surface area contributed by atoms with Crippen LogP contribution in [0.2, 0.25) is 5.02 Å². The zero-order valence-corrected chi connectivity index (χ0v) is 16.0. The molecule has 5 nitrogen and oxygen atoms in total. The van der Waals surface area contributed by atoms with Gasteiger partial charge in [0.1, 0.15) is 11.4 Å². The van der Waals surface area contributed by atoms with Crippen LogP contribution < -0.4 is 11.2 Å². The number of H-pyrrole nitrogens is 1. The number of pyridine rings is 1. The molecule has 3 aromatic rings. The number of amides is 1. The Morgan fingerprint density at radius 2 is 1.93 bits per heavy atom. The lowest BCUT2D eigenvalue weighted by atomic mass is 9.99. The minimum atomic E-state index is -0.873. The van der Waals surface area contributed by atoms with Crippen molar-refractivity contribution >= 4 is 28.4 Å². The predicted octanol–water partition coefficient (Wildman–Crippen LogP) is 3.32. The molecule has 0 aliphatic rings. The van der Waals surface area contributed by atoms with Gasteiger partial charge >= 0.3 is 0 Å². The van der Waals surface area contributed by atoms with Gasteiger partial charge in [-0.3, -0.25) is 9.59 Å². The van der Waals surface area contributed by atoms with Crippen molar-refractivity contribution in [2.75, 3.05) is 0 Å². The molecule has 0 saturated heterocycles. The summed E-state index contributed by atoms with van der Waals surface area (Å²) < 4.78 is 14.7. The number of primary amides is 1. The van der Waals surface area contributed by atoms with Gasteiger partial charge in [0, 0.05) is 22.5 Å². The Morgan fingerprint density at radius 3 is 2.54 bits per heavy atom. The fourth-order valence-corrected chi connectivity index (χ4v) is 3.30. The van der Waals surface area contributed by atoms with Crippen LogP contribution in [0.3, 0.4) is 0 Å². The van der Waals surface area contributed by atoms with Crippen LogP contribution in [0.15, 0.2) is 41.2 Å². The number of nitrogens with two attached hydrogens (primary N) is 1. The Balaban J connectivity index is 2.14. The van der Waals surface area contributed by atoms with E-state index < -0.39 is 23.3 Å². The molecule has 2 aromatic carbocycles. The van der Waals surface area contributed by atoms with Crippen molar-refractivity contribution in [3.05, 3.63) is 79.8 Å². The Bertz CT molecular complexity index is 1090. The Labute approximate surface area is 166 Å². The molecule has 1 atom stereocenters. The molecule has 0 radical (unpaired) electrons. The predicted molar refractivity (Wildman–Crippen MR) is 107 cm³/mol. The number of carbonyl (C=O) groups excluding carboxylic acids is 1. The van der Waals surface area contributed by atoms with E-state index >= 15 is 0 Å². The summed E-state index contributed by atoms with van der Waals surface area (Å²) >= 11 is 5.88. The first kappa shape index (κ1) is 20.0. The molecule has 7 heteroatoms. The van der Waals surface area contributed by atoms with Gasteiger partial charge in [0.2, 0.25) is 5.43 Å². The van der Waals surface area contributed by atoms with Gasteiger partial charge < -0.3 is 15.8 Å². The number of aryl methyl sites for hydroxylation is 1. The molecule has 28 heavy (non-hydrogen) atoms. The number of carbonyl (C=O) groups is 1. The molecule has 1 heterocycles. The van der Waals surface area contributed by atoms with E-state index in [4.69, 9.17) is 17.3 Å². The number of aromatic amines is 1. The van der Waals surface area contributed by atoms with Crippen LogP contribution in [0.25, 0.3) is 10.9 Å². The number of aromatic nitrogens is 1. The number of nitrogens with one attached hydrogen (secondary N) is 1. The average Bonchev–Trinajstić information content (AvgIpc) is 2.62. The first-order valence-electron chi connectivity index (χ1n) is 8.86. The van der Waals surface area contributed by atoms with Crippen molar-refractivity contribution in [1.82, 2.24) is 4.98 Å². The van der Waals surface area contributed by atoms with Gasteiger partial charge in [0.15, 0.2) is 0 Å². The second-order valence-corrected chi connectivity index (χ2v) is 7.30. The highest BCUT2D eigenvalue weighted by Gasteiger charge is 2.19. The van der Waals surface area contributed by atoms with E-state index in [0.29, 0.717) is 23.4 Å². The van der Waals surface area contributed by atoms with Gasteiger partial charge in [0.25, 0.3) is 5.91 Å². The van der Waals surface area contributed by atoms with E-state index in [2.05, 4.69) is 4.98 Å². The van der Waals surface area contributed by atoms with E-state index in [1.54, 1.807) is 31.2 Å². The highest BCUT2D eigenvalue weighted by atomic mass is 35.5. The van der Waals surface area contributed by atoms with Gasteiger partial charge in [0.05, 0.1) is 11.6 Å². The van der Waals surface area contributed by atoms with Crippen molar-refractivity contribution in [3.63, 3.8) is 0 Å². The average molecular weight is 403 g/mol. The maximum absolute atomic E-state index is 14.7. The molecular weight excluding hydrogens is 383 g/mol. The molecule has 0 saturated carbocycles. The van der Waals surface area contributed by atoms with Gasteiger partial charge in [-0.15, -0.1) is 0 Å². The van der Waals surface area contributed by atoms with Crippen LogP contribution in [0.1, 0.15) is 40.5 Å². The third-order valence-electron chi connectivity index (χ3n) is 4.59. The lowest BCUT2D eigenvalue weighted by Crippen LogP contribution is -2.26. The lowest BCUT2D eigenvalue weighted by molar-refractivity contribution is 0.0998. The summed E-state index contributed by atoms with van der Waals surface area (Å²) in [7, 11) is 0. The van der Waals surface area contributed by atoms with Crippen LogP contribution >= 0.6 is 11.6 Å². The summed E-state index contributed by atoms with van der Waals surface area (Å²) in [5.41, 5.74) is 6.29. The normalized spacial score (nSPS) is 12.3. The largest absolute Gasteiger partial charge is 0.393 e. The number of aliphatic hydroxyl groups is 1. The highest BCUT2D eigenvalue weighted by molar-refractivity contribution is 6.30. The summed E-state index contributed by atoms with van der Waals surface area (Å²) in [5.74, 6) is -1.47. The number of hydrogen-bond acceptors (Lipinski definition) is 3. The summed E-state index contributed by atoms with van der Waals surface area (Å²) in [6, 6.07) is 9.76. The molecule has 3 rings (SSSR count). The van der Waals surface area contributed by atoms with Crippen molar-refractivity contribution in [1.29, 1.82) is 0 Å². The fourth-order valence-electron chi connectivity index (χ4n) is 3.17. The third kappa shape index (κ3) is 4.24. The lowest BCUT2D eigenvalue weighted by Gasteiger charge is -2.12. The summed E-state index contributed by atoms with van der Waals surface area (Å²) in [4.78, 5) is 27.8. The summed E-state index contributed by atoms with van der Waals surface area (Å²) in [6.45, 7) is 1.64. The molecule has 0 aliphatic heterocycles. The molecular formula is C21H20ClFN2O3.